The van der Waals surface area contributed by atoms with Gasteiger partial charge in [-0.05, 0) is 26.3 Å². The first-order valence-electron chi connectivity index (χ1n) is 5.70. The van der Waals surface area contributed by atoms with Crippen molar-refractivity contribution in [2.75, 3.05) is 39.5 Å². The van der Waals surface area contributed by atoms with E-state index >= 15 is 0 Å². The minimum Gasteiger partial charge on any atom is -0.465 e. The summed E-state index contributed by atoms with van der Waals surface area (Å²) in [6.07, 6.45) is 2.30. The summed E-state index contributed by atoms with van der Waals surface area (Å²) < 4.78 is 10.4. The van der Waals surface area contributed by atoms with Gasteiger partial charge >= 0.3 is 5.97 Å². The summed E-state index contributed by atoms with van der Waals surface area (Å²) in [5, 5.41) is 0. The summed E-state index contributed by atoms with van der Waals surface area (Å²) in [5.74, 6) is -0.103. The highest BCUT2D eigenvalue weighted by Gasteiger charge is 2.41. The second-order valence-corrected chi connectivity index (χ2v) is 4.57. The van der Waals surface area contributed by atoms with Crippen LogP contribution in [0.25, 0.3) is 0 Å². The molecule has 0 aromatic heterocycles. The Balaban J connectivity index is 1.79. The van der Waals surface area contributed by atoms with E-state index in [1.54, 1.807) is 0 Å². The highest BCUT2D eigenvalue weighted by atomic mass is 16.5. The smallest absolute Gasteiger partial charge is 0.320 e. The Bertz CT molecular complexity index is 236. The summed E-state index contributed by atoms with van der Waals surface area (Å²) in [6, 6.07) is 0. The molecular formula is C11H19NO3. The van der Waals surface area contributed by atoms with E-state index in [0.717, 1.165) is 39.1 Å². The molecule has 0 N–H and O–H groups in total. The van der Waals surface area contributed by atoms with Gasteiger partial charge in [0.05, 0.1) is 19.8 Å². The van der Waals surface area contributed by atoms with Crippen LogP contribution in [0.2, 0.25) is 0 Å². The number of carbonyl (C=O) groups excluding carboxylic acids is 1. The Kier molecular flexibility index (Phi) is 3.26. The van der Waals surface area contributed by atoms with Gasteiger partial charge < -0.3 is 9.47 Å². The van der Waals surface area contributed by atoms with Gasteiger partial charge in [0.15, 0.2) is 0 Å². The van der Waals surface area contributed by atoms with Crippen LogP contribution in [0.3, 0.4) is 0 Å². The van der Waals surface area contributed by atoms with Crippen LogP contribution in [0.4, 0.5) is 0 Å². The highest BCUT2D eigenvalue weighted by molar-refractivity contribution is 5.71. The van der Waals surface area contributed by atoms with E-state index in [1.807, 2.05) is 6.92 Å². The monoisotopic (exact) mass is 213 g/mol. The molecule has 0 radical (unpaired) electrons. The number of esters is 1. The summed E-state index contributed by atoms with van der Waals surface area (Å²) in [7, 11) is 0. The van der Waals surface area contributed by atoms with E-state index < -0.39 is 0 Å². The Labute approximate surface area is 90.5 Å². The lowest BCUT2D eigenvalue weighted by Crippen LogP contribution is -2.32. The lowest BCUT2D eigenvalue weighted by atomic mass is 9.87. The normalized spacial score (nSPS) is 31.3. The topological polar surface area (TPSA) is 38.8 Å². The molecule has 1 atom stereocenters. The van der Waals surface area contributed by atoms with Gasteiger partial charge in [0.25, 0.3) is 0 Å². The Morgan fingerprint density at radius 1 is 1.53 bits per heavy atom. The molecule has 0 bridgehead atoms. The zero-order valence-corrected chi connectivity index (χ0v) is 9.33. The second-order valence-electron chi connectivity index (χ2n) is 4.57. The first-order chi connectivity index (χ1) is 7.24. The van der Waals surface area contributed by atoms with Gasteiger partial charge in [-0.25, -0.2) is 0 Å². The SMILES string of the molecule is CCOC(=O)CN1CCC2(CCOC2)C1. The molecule has 1 spiro atoms. The summed E-state index contributed by atoms with van der Waals surface area (Å²) in [4.78, 5) is 13.5. The third-order valence-electron chi connectivity index (χ3n) is 3.36. The van der Waals surface area contributed by atoms with Gasteiger partial charge in [-0.2, -0.15) is 0 Å². The van der Waals surface area contributed by atoms with Crippen LogP contribution >= 0.6 is 0 Å². The molecule has 4 heteroatoms. The van der Waals surface area contributed by atoms with Gasteiger partial charge in [-0.15, -0.1) is 0 Å². The predicted octanol–water partition coefficient (Wildman–Crippen LogP) is 0.662. The Morgan fingerprint density at radius 2 is 2.40 bits per heavy atom. The number of likely N-dealkylation sites (tertiary alicyclic amines) is 1. The largest absolute Gasteiger partial charge is 0.465 e. The average Bonchev–Trinajstić information content (AvgIpc) is 2.79. The molecular weight excluding hydrogens is 194 g/mol. The van der Waals surface area contributed by atoms with E-state index in [2.05, 4.69) is 4.90 Å². The third kappa shape index (κ3) is 2.49. The van der Waals surface area contributed by atoms with E-state index in [-0.39, 0.29) is 5.97 Å². The first kappa shape index (κ1) is 10.9. The number of hydrogen-bond donors (Lipinski definition) is 0. The predicted molar refractivity (Wildman–Crippen MR) is 55.6 cm³/mol. The van der Waals surface area contributed by atoms with Crippen LogP contribution in [-0.4, -0.2) is 50.3 Å². The van der Waals surface area contributed by atoms with Gasteiger partial charge in [-0.1, -0.05) is 0 Å². The number of rotatable bonds is 3. The number of carbonyl (C=O) groups is 1. The van der Waals surface area contributed by atoms with Crippen LogP contribution in [0.15, 0.2) is 0 Å². The molecule has 0 aromatic carbocycles. The molecule has 2 aliphatic rings. The third-order valence-corrected chi connectivity index (χ3v) is 3.36. The van der Waals surface area contributed by atoms with Crippen LogP contribution < -0.4 is 0 Å². The minimum absolute atomic E-state index is 0.103. The van der Waals surface area contributed by atoms with Crippen molar-refractivity contribution in [3.63, 3.8) is 0 Å². The van der Waals surface area contributed by atoms with Crippen molar-refractivity contribution in [3.05, 3.63) is 0 Å². The van der Waals surface area contributed by atoms with E-state index in [1.165, 1.54) is 0 Å². The maximum Gasteiger partial charge on any atom is 0.320 e. The van der Waals surface area contributed by atoms with Crippen molar-refractivity contribution in [2.24, 2.45) is 5.41 Å². The molecule has 0 amide bonds. The molecule has 2 rings (SSSR count). The summed E-state index contributed by atoms with van der Waals surface area (Å²) in [6.45, 7) is 6.50. The molecule has 2 fully saturated rings. The Hall–Kier alpha value is -0.610. The minimum atomic E-state index is -0.103. The van der Waals surface area contributed by atoms with Crippen molar-refractivity contribution < 1.29 is 14.3 Å². The quantitative estimate of drug-likeness (QED) is 0.646. The lowest BCUT2D eigenvalue weighted by Gasteiger charge is -2.21. The molecule has 2 saturated heterocycles. The van der Waals surface area contributed by atoms with Gasteiger partial charge in [0, 0.05) is 18.6 Å². The molecule has 4 nitrogen and oxygen atoms in total. The standard InChI is InChI=1S/C11H19NO3/c1-2-15-10(13)7-12-5-3-11(8-12)4-6-14-9-11/h2-9H2,1H3. The van der Waals surface area contributed by atoms with E-state index in [4.69, 9.17) is 9.47 Å². The zero-order valence-electron chi connectivity index (χ0n) is 9.33. The van der Waals surface area contributed by atoms with Gasteiger partial charge in [0.2, 0.25) is 0 Å². The number of hydrogen-bond acceptors (Lipinski definition) is 4. The van der Waals surface area contributed by atoms with Crippen molar-refractivity contribution in [1.82, 2.24) is 4.90 Å². The van der Waals surface area contributed by atoms with Gasteiger partial charge in [0.1, 0.15) is 0 Å². The van der Waals surface area contributed by atoms with E-state index in [9.17, 15) is 4.79 Å². The molecule has 86 valence electrons. The van der Waals surface area contributed by atoms with Crippen LogP contribution in [-0.2, 0) is 14.3 Å². The molecule has 2 heterocycles. The number of nitrogens with zero attached hydrogens (tertiary/aromatic N) is 1. The summed E-state index contributed by atoms with van der Waals surface area (Å²) in [5.41, 5.74) is 0.340. The molecule has 1 unspecified atom stereocenters. The van der Waals surface area contributed by atoms with Crippen molar-refractivity contribution in [1.29, 1.82) is 0 Å². The fourth-order valence-corrected chi connectivity index (χ4v) is 2.52. The molecule has 0 aliphatic carbocycles. The van der Waals surface area contributed by atoms with Crippen LogP contribution in [0.1, 0.15) is 19.8 Å². The second kappa shape index (κ2) is 4.49. The number of ether oxygens (including phenoxy) is 2. The molecule has 2 aliphatic heterocycles. The highest BCUT2D eigenvalue weighted by Crippen LogP contribution is 2.37. The maximum atomic E-state index is 11.3. The van der Waals surface area contributed by atoms with Crippen molar-refractivity contribution in [2.45, 2.75) is 19.8 Å². The van der Waals surface area contributed by atoms with Crippen LogP contribution in [0.5, 0.6) is 0 Å². The fraction of sp³-hybridized carbons (Fsp3) is 0.909. The lowest BCUT2D eigenvalue weighted by molar-refractivity contribution is -0.144. The van der Waals surface area contributed by atoms with Crippen molar-refractivity contribution in [3.8, 4) is 0 Å². The molecule has 0 aromatic rings. The fourth-order valence-electron chi connectivity index (χ4n) is 2.52. The average molecular weight is 213 g/mol. The van der Waals surface area contributed by atoms with Gasteiger partial charge in [-0.3, -0.25) is 9.69 Å². The molecule has 0 saturated carbocycles. The summed E-state index contributed by atoms with van der Waals surface area (Å²) >= 11 is 0. The van der Waals surface area contributed by atoms with E-state index in [0.29, 0.717) is 18.6 Å². The van der Waals surface area contributed by atoms with Crippen LogP contribution in [0, 0.1) is 5.41 Å². The first-order valence-corrected chi connectivity index (χ1v) is 5.70. The maximum absolute atomic E-state index is 11.3. The molecule has 15 heavy (non-hydrogen) atoms. The van der Waals surface area contributed by atoms with Crippen molar-refractivity contribution >= 4 is 5.97 Å². The Morgan fingerprint density at radius 3 is 3.07 bits per heavy atom. The zero-order chi connectivity index (χ0) is 10.7.